The fraction of sp³-hybridized carbons (Fsp3) is 0.700. The van der Waals surface area contributed by atoms with Crippen LogP contribution in [0.5, 0.6) is 0 Å². The molecule has 1 amide bonds. The van der Waals surface area contributed by atoms with Gasteiger partial charge in [0.15, 0.2) is 5.78 Å². The van der Waals surface area contributed by atoms with Gasteiger partial charge in [0, 0.05) is 6.54 Å². The predicted molar refractivity (Wildman–Crippen MR) is 50.7 cm³/mol. The summed E-state index contributed by atoms with van der Waals surface area (Å²) in [5.74, 6) is -1.22. The molecule has 1 N–H and O–H groups in total. The number of hydrogen-bond acceptors (Lipinski definition) is 3. The normalized spacial score (nSPS) is 22.4. The van der Waals surface area contributed by atoms with Crippen LogP contribution in [-0.2, 0) is 14.4 Å². The van der Waals surface area contributed by atoms with Crippen LogP contribution in [0.25, 0.3) is 0 Å². The predicted octanol–water partition coefficient (Wildman–Crippen LogP) is 0.451. The van der Waals surface area contributed by atoms with Gasteiger partial charge >= 0.3 is 0 Å². The van der Waals surface area contributed by atoms with Crippen LogP contribution in [0.15, 0.2) is 0 Å². The van der Waals surface area contributed by atoms with Crippen molar-refractivity contribution in [3.8, 4) is 0 Å². The van der Waals surface area contributed by atoms with Gasteiger partial charge in [-0.1, -0.05) is 6.42 Å². The van der Waals surface area contributed by atoms with E-state index in [0.717, 1.165) is 12.8 Å². The summed E-state index contributed by atoms with van der Waals surface area (Å²) < 4.78 is 0. The molecule has 1 aliphatic heterocycles. The lowest BCUT2D eigenvalue weighted by Gasteiger charge is -2.10. The van der Waals surface area contributed by atoms with Crippen molar-refractivity contribution in [3.05, 3.63) is 0 Å². The van der Waals surface area contributed by atoms with Gasteiger partial charge in [-0.2, -0.15) is 0 Å². The van der Waals surface area contributed by atoms with Crippen LogP contribution in [0.4, 0.5) is 0 Å². The quantitative estimate of drug-likeness (QED) is 0.668. The third kappa shape index (κ3) is 2.94. The number of carbonyl (C=O) groups is 3. The van der Waals surface area contributed by atoms with Gasteiger partial charge in [-0.3, -0.25) is 14.4 Å². The van der Waals surface area contributed by atoms with E-state index < -0.39 is 5.92 Å². The molecule has 1 aliphatic rings. The van der Waals surface area contributed by atoms with Crippen LogP contribution in [-0.4, -0.2) is 24.0 Å². The molecule has 0 bridgehead atoms. The van der Waals surface area contributed by atoms with Crippen molar-refractivity contribution >= 4 is 17.5 Å². The van der Waals surface area contributed by atoms with Gasteiger partial charge in [0.05, 0.1) is 12.3 Å². The Bertz CT molecular complexity index is 260. The molecule has 0 saturated carbocycles. The molecule has 0 aromatic heterocycles. The molecule has 14 heavy (non-hydrogen) atoms. The van der Waals surface area contributed by atoms with Crippen molar-refractivity contribution in [1.29, 1.82) is 0 Å². The lowest BCUT2D eigenvalue weighted by molar-refractivity contribution is -0.135. The lowest BCUT2D eigenvalue weighted by atomic mass is 9.95. The highest BCUT2D eigenvalue weighted by molar-refractivity contribution is 6.08. The van der Waals surface area contributed by atoms with Crippen LogP contribution in [0, 0.1) is 5.92 Å². The van der Waals surface area contributed by atoms with E-state index >= 15 is 0 Å². The maximum absolute atomic E-state index is 11.5. The molecule has 0 spiro atoms. The summed E-state index contributed by atoms with van der Waals surface area (Å²) in [5.41, 5.74) is 0. The third-order valence-electron chi connectivity index (χ3n) is 2.35. The number of rotatable bonds is 3. The zero-order valence-electron chi connectivity index (χ0n) is 8.34. The number of ketones is 2. The number of hydrogen-bond donors (Lipinski definition) is 1. The zero-order valence-corrected chi connectivity index (χ0v) is 8.34. The number of amides is 1. The van der Waals surface area contributed by atoms with E-state index in [2.05, 4.69) is 5.32 Å². The largest absolute Gasteiger partial charge is 0.355 e. The Hall–Kier alpha value is -1.19. The average Bonchev–Trinajstić information content (AvgIpc) is 2.28. The van der Waals surface area contributed by atoms with Crippen LogP contribution in [0.3, 0.4) is 0 Å². The highest BCUT2D eigenvalue weighted by Gasteiger charge is 2.27. The minimum absolute atomic E-state index is 0.113. The Morgan fingerprint density at radius 3 is 2.79 bits per heavy atom. The molecule has 0 aromatic rings. The minimum atomic E-state index is -0.596. The molecule has 0 radical (unpaired) electrons. The maximum atomic E-state index is 11.5. The Morgan fingerprint density at radius 2 is 2.14 bits per heavy atom. The van der Waals surface area contributed by atoms with E-state index in [0.29, 0.717) is 13.0 Å². The lowest BCUT2D eigenvalue weighted by Crippen LogP contribution is -2.34. The zero-order chi connectivity index (χ0) is 10.6. The molecule has 4 nitrogen and oxygen atoms in total. The molecule has 0 aliphatic carbocycles. The van der Waals surface area contributed by atoms with E-state index in [-0.39, 0.29) is 23.9 Å². The van der Waals surface area contributed by atoms with Crippen molar-refractivity contribution in [2.45, 2.75) is 32.6 Å². The third-order valence-corrected chi connectivity index (χ3v) is 2.35. The smallest absolute Gasteiger partial charge is 0.230 e. The highest BCUT2D eigenvalue weighted by atomic mass is 16.2. The second-order valence-electron chi connectivity index (χ2n) is 3.68. The Kier molecular flexibility index (Phi) is 3.80. The standard InChI is InChI=1S/C10H15NO3/c1-7(12)6-9(13)8-4-2-3-5-11-10(8)14/h8H,2-6H2,1H3,(H,11,14). The van der Waals surface area contributed by atoms with E-state index in [1.54, 1.807) is 0 Å². The van der Waals surface area contributed by atoms with Crippen molar-refractivity contribution in [3.63, 3.8) is 0 Å². The average molecular weight is 197 g/mol. The monoisotopic (exact) mass is 197 g/mol. The fourth-order valence-electron chi connectivity index (χ4n) is 1.62. The van der Waals surface area contributed by atoms with Gasteiger partial charge in [0.1, 0.15) is 5.78 Å². The van der Waals surface area contributed by atoms with Crippen molar-refractivity contribution < 1.29 is 14.4 Å². The summed E-state index contributed by atoms with van der Waals surface area (Å²) in [7, 11) is 0. The fourth-order valence-corrected chi connectivity index (χ4v) is 1.62. The van der Waals surface area contributed by atoms with Gasteiger partial charge in [0.25, 0.3) is 0 Å². The Labute approximate surface area is 83.1 Å². The molecule has 1 heterocycles. The van der Waals surface area contributed by atoms with Crippen LogP contribution in [0.2, 0.25) is 0 Å². The van der Waals surface area contributed by atoms with Gasteiger partial charge in [-0.25, -0.2) is 0 Å². The summed E-state index contributed by atoms with van der Waals surface area (Å²) in [6.07, 6.45) is 2.25. The van der Waals surface area contributed by atoms with Crippen molar-refractivity contribution in [2.75, 3.05) is 6.54 Å². The van der Waals surface area contributed by atoms with E-state index in [1.807, 2.05) is 0 Å². The summed E-state index contributed by atoms with van der Waals surface area (Å²) in [6.45, 7) is 2.01. The Balaban J connectivity index is 2.59. The van der Waals surface area contributed by atoms with Gasteiger partial charge in [-0.05, 0) is 19.8 Å². The van der Waals surface area contributed by atoms with Crippen molar-refractivity contribution in [2.24, 2.45) is 5.92 Å². The SMILES string of the molecule is CC(=O)CC(=O)C1CCCCNC1=O. The first-order chi connectivity index (χ1) is 6.61. The summed E-state index contributed by atoms with van der Waals surface area (Å²) >= 11 is 0. The first kappa shape index (κ1) is 10.9. The number of carbonyl (C=O) groups excluding carboxylic acids is 3. The van der Waals surface area contributed by atoms with E-state index in [1.165, 1.54) is 6.92 Å². The topological polar surface area (TPSA) is 63.2 Å². The highest BCUT2D eigenvalue weighted by Crippen LogP contribution is 2.15. The van der Waals surface area contributed by atoms with Crippen LogP contribution >= 0.6 is 0 Å². The molecule has 1 saturated heterocycles. The van der Waals surface area contributed by atoms with Crippen LogP contribution in [0.1, 0.15) is 32.6 Å². The Morgan fingerprint density at radius 1 is 1.43 bits per heavy atom. The molecule has 4 heteroatoms. The van der Waals surface area contributed by atoms with Gasteiger partial charge < -0.3 is 5.32 Å². The first-order valence-corrected chi connectivity index (χ1v) is 4.91. The first-order valence-electron chi connectivity index (χ1n) is 4.91. The summed E-state index contributed by atoms with van der Waals surface area (Å²) in [6, 6.07) is 0. The van der Waals surface area contributed by atoms with Gasteiger partial charge in [-0.15, -0.1) is 0 Å². The minimum Gasteiger partial charge on any atom is -0.355 e. The maximum Gasteiger partial charge on any atom is 0.230 e. The molecule has 1 rings (SSSR count). The second-order valence-corrected chi connectivity index (χ2v) is 3.68. The molecular formula is C10H15NO3. The number of Topliss-reactive ketones (excluding diaryl/α,β-unsaturated/α-hetero) is 2. The molecular weight excluding hydrogens is 182 g/mol. The molecule has 1 unspecified atom stereocenters. The van der Waals surface area contributed by atoms with Gasteiger partial charge in [0.2, 0.25) is 5.91 Å². The summed E-state index contributed by atoms with van der Waals surface area (Å²) in [4.78, 5) is 33.6. The molecule has 1 atom stereocenters. The van der Waals surface area contributed by atoms with Crippen molar-refractivity contribution in [1.82, 2.24) is 5.32 Å². The molecule has 78 valence electrons. The van der Waals surface area contributed by atoms with Crippen LogP contribution < -0.4 is 5.32 Å². The van der Waals surface area contributed by atoms with E-state index in [9.17, 15) is 14.4 Å². The number of nitrogens with one attached hydrogen (secondary N) is 1. The van der Waals surface area contributed by atoms with E-state index in [4.69, 9.17) is 0 Å². The molecule has 1 fully saturated rings. The second kappa shape index (κ2) is 4.88. The summed E-state index contributed by atoms with van der Waals surface area (Å²) in [5, 5.41) is 2.68. The molecule has 0 aromatic carbocycles.